The van der Waals surface area contributed by atoms with E-state index in [-0.39, 0.29) is 11.3 Å². The van der Waals surface area contributed by atoms with Gasteiger partial charge in [0.05, 0.1) is 16.8 Å². The van der Waals surface area contributed by atoms with Crippen LogP contribution in [0.4, 0.5) is 5.69 Å². The zero-order valence-corrected chi connectivity index (χ0v) is 19.1. The van der Waals surface area contributed by atoms with Crippen LogP contribution in [0.25, 0.3) is 0 Å². The number of benzene rings is 2. The molecule has 10 heteroatoms. The minimum absolute atomic E-state index is 0.0942. The van der Waals surface area contributed by atoms with Crippen LogP contribution < -0.4 is 0 Å². The summed E-state index contributed by atoms with van der Waals surface area (Å²) in [6, 6.07) is 11.5. The molecule has 3 amide bonds. The van der Waals surface area contributed by atoms with Gasteiger partial charge in [0.2, 0.25) is 0 Å². The van der Waals surface area contributed by atoms with Gasteiger partial charge in [-0.05, 0) is 31.0 Å². The standard InChI is InChI=1S/C23H20BrN3O6/c24-16-10-8-14(9-11-16)20(28)13-25(21(29)15-4-3-5-17(12-15)27(32)33)26-22(30)18-6-1-2-7-19(18)23(26)31/h3-5,8-12,18-19H,1-2,6-7,13H2/t18-,19-/m0/s1. The summed E-state index contributed by atoms with van der Waals surface area (Å²) < 4.78 is 0.762. The summed E-state index contributed by atoms with van der Waals surface area (Å²) in [6.45, 7) is -0.555. The molecule has 0 spiro atoms. The summed E-state index contributed by atoms with van der Waals surface area (Å²) >= 11 is 3.29. The van der Waals surface area contributed by atoms with E-state index in [0.717, 1.165) is 33.4 Å². The van der Waals surface area contributed by atoms with Crippen LogP contribution >= 0.6 is 15.9 Å². The molecular formula is C23H20BrN3O6. The Kier molecular flexibility index (Phi) is 6.37. The fourth-order valence-corrected chi connectivity index (χ4v) is 4.65. The molecule has 0 radical (unpaired) electrons. The molecule has 0 N–H and O–H groups in total. The molecule has 1 saturated heterocycles. The third-order valence-corrected chi connectivity index (χ3v) is 6.59. The van der Waals surface area contributed by atoms with Gasteiger partial charge in [-0.2, -0.15) is 5.01 Å². The Hall–Kier alpha value is -3.40. The number of non-ortho nitro benzene ring substituents is 1. The van der Waals surface area contributed by atoms with E-state index in [0.29, 0.717) is 18.4 Å². The second-order valence-corrected chi connectivity index (χ2v) is 9.00. The first-order valence-electron chi connectivity index (χ1n) is 10.5. The topological polar surface area (TPSA) is 118 Å². The molecule has 2 aromatic carbocycles. The quantitative estimate of drug-likeness (QED) is 0.251. The molecule has 0 bridgehead atoms. The number of nitrogens with zero attached hydrogens (tertiary/aromatic N) is 3. The van der Waals surface area contributed by atoms with Crippen molar-refractivity contribution in [2.75, 3.05) is 6.54 Å². The number of fused-ring (bicyclic) bond motifs is 1. The molecular weight excluding hydrogens is 494 g/mol. The van der Waals surface area contributed by atoms with Crippen molar-refractivity contribution >= 4 is 45.1 Å². The molecule has 1 saturated carbocycles. The minimum Gasteiger partial charge on any atom is -0.292 e. The summed E-state index contributed by atoms with van der Waals surface area (Å²) in [6.07, 6.45) is 2.71. The van der Waals surface area contributed by atoms with Crippen LogP contribution in [0.1, 0.15) is 46.4 Å². The second kappa shape index (κ2) is 9.22. The predicted octanol–water partition coefficient (Wildman–Crippen LogP) is 3.77. The summed E-state index contributed by atoms with van der Waals surface area (Å²) in [4.78, 5) is 63.2. The van der Waals surface area contributed by atoms with Gasteiger partial charge >= 0.3 is 0 Å². The molecule has 2 aromatic rings. The van der Waals surface area contributed by atoms with Crippen LogP contribution in [0.3, 0.4) is 0 Å². The van der Waals surface area contributed by atoms with Crippen molar-refractivity contribution < 1.29 is 24.1 Å². The van der Waals surface area contributed by atoms with E-state index in [1.54, 1.807) is 24.3 Å². The zero-order valence-electron chi connectivity index (χ0n) is 17.5. The molecule has 1 heterocycles. The van der Waals surface area contributed by atoms with Gasteiger partial charge in [-0.1, -0.05) is 47.0 Å². The molecule has 1 aliphatic carbocycles. The lowest BCUT2D eigenvalue weighted by Gasteiger charge is -2.30. The van der Waals surface area contributed by atoms with Crippen molar-refractivity contribution in [3.05, 3.63) is 74.2 Å². The number of halogens is 1. The number of hydrogen-bond acceptors (Lipinski definition) is 6. The fourth-order valence-electron chi connectivity index (χ4n) is 4.38. The molecule has 2 aliphatic rings. The highest BCUT2D eigenvalue weighted by molar-refractivity contribution is 9.10. The Balaban J connectivity index is 1.71. The maximum Gasteiger partial charge on any atom is 0.273 e. The van der Waals surface area contributed by atoms with E-state index < -0.39 is 46.8 Å². The van der Waals surface area contributed by atoms with Gasteiger partial charge in [-0.25, -0.2) is 5.01 Å². The predicted molar refractivity (Wildman–Crippen MR) is 120 cm³/mol. The zero-order chi connectivity index (χ0) is 23.7. The smallest absolute Gasteiger partial charge is 0.273 e. The average Bonchev–Trinajstić information content (AvgIpc) is 3.07. The largest absolute Gasteiger partial charge is 0.292 e. The van der Waals surface area contributed by atoms with Crippen molar-refractivity contribution in [3.63, 3.8) is 0 Å². The molecule has 0 unspecified atom stereocenters. The van der Waals surface area contributed by atoms with E-state index >= 15 is 0 Å². The Morgan fingerprint density at radius 3 is 2.18 bits per heavy atom. The Bertz CT molecular complexity index is 1130. The van der Waals surface area contributed by atoms with Gasteiger partial charge in [0.15, 0.2) is 5.78 Å². The lowest BCUT2D eigenvalue weighted by molar-refractivity contribution is -0.384. The van der Waals surface area contributed by atoms with E-state index in [1.165, 1.54) is 18.2 Å². The van der Waals surface area contributed by atoms with Gasteiger partial charge in [0.25, 0.3) is 23.4 Å². The number of nitro groups is 1. The number of ketones is 1. The highest BCUT2D eigenvalue weighted by Crippen LogP contribution is 2.39. The molecule has 9 nitrogen and oxygen atoms in total. The maximum atomic E-state index is 13.4. The van der Waals surface area contributed by atoms with Crippen LogP contribution in [-0.2, 0) is 9.59 Å². The lowest BCUT2D eigenvalue weighted by Crippen LogP contribution is -2.52. The highest BCUT2D eigenvalue weighted by atomic mass is 79.9. The van der Waals surface area contributed by atoms with Gasteiger partial charge in [0, 0.05) is 27.7 Å². The van der Waals surface area contributed by atoms with Crippen LogP contribution in [0.5, 0.6) is 0 Å². The van der Waals surface area contributed by atoms with E-state index in [9.17, 15) is 29.3 Å². The number of hydrazine groups is 1. The third kappa shape index (κ3) is 4.43. The molecule has 1 aliphatic heterocycles. The molecule has 33 heavy (non-hydrogen) atoms. The number of nitro benzene ring substituents is 1. The third-order valence-electron chi connectivity index (χ3n) is 6.06. The number of hydrogen-bond donors (Lipinski definition) is 0. The highest BCUT2D eigenvalue weighted by Gasteiger charge is 2.51. The van der Waals surface area contributed by atoms with Crippen molar-refractivity contribution in [1.29, 1.82) is 0 Å². The first-order valence-corrected chi connectivity index (χ1v) is 11.3. The van der Waals surface area contributed by atoms with Crippen LogP contribution in [-0.4, -0.2) is 45.0 Å². The van der Waals surface area contributed by atoms with E-state index in [4.69, 9.17) is 0 Å². The van der Waals surface area contributed by atoms with Gasteiger partial charge in [0.1, 0.15) is 6.54 Å². The summed E-state index contributed by atoms with van der Waals surface area (Å²) in [7, 11) is 0. The van der Waals surface area contributed by atoms with Gasteiger partial charge < -0.3 is 0 Å². The summed E-state index contributed by atoms with van der Waals surface area (Å²) in [5.41, 5.74) is -0.109. The van der Waals surface area contributed by atoms with Crippen LogP contribution in [0.2, 0.25) is 0 Å². The van der Waals surface area contributed by atoms with Gasteiger partial charge in [-0.15, -0.1) is 0 Å². The van der Waals surface area contributed by atoms with Crippen LogP contribution in [0, 0.1) is 22.0 Å². The average molecular weight is 514 g/mol. The van der Waals surface area contributed by atoms with Crippen molar-refractivity contribution in [2.45, 2.75) is 25.7 Å². The number of rotatable bonds is 6. The van der Waals surface area contributed by atoms with E-state index in [1.807, 2.05) is 0 Å². The van der Waals surface area contributed by atoms with Gasteiger partial charge in [-0.3, -0.25) is 29.3 Å². The minimum atomic E-state index is -0.829. The van der Waals surface area contributed by atoms with Crippen molar-refractivity contribution in [1.82, 2.24) is 10.0 Å². The number of carbonyl (C=O) groups is 4. The number of Topliss-reactive ketones (excluding diaryl/α,β-unsaturated/α-hetero) is 1. The Morgan fingerprint density at radius 2 is 1.61 bits per heavy atom. The summed E-state index contributed by atoms with van der Waals surface area (Å²) in [5.74, 6) is -3.36. The first kappa shape index (κ1) is 22.8. The Labute approximate surface area is 197 Å². The molecule has 4 rings (SSSR count). The summed E-state index contributed by atoms with van der Waals surface area (Å²) in [5, 5.41) is 12.8. The number of amides is 3. The van der Waals surface area contributed by atoms with E-state index in [2.05, 4.69) is 15.9 Å². The Morgan fingerprint density at radius 1 is 1.00 bits per heavy atom. The second-order valence-electron chi connectivity index (χ2n) is 8.09. The molecule has 2 fully saturated rings. The van der Waals surface area contributed by atoms with Crippen molar-refractivity contribution in [2.24, 2.45) is 11.8 Å². The normalized spacial score (nSPS) is 19.8. The first-order chi connectivity index (χ1) is 15.8. The maximum absolute atomic E-state index is 13.4. The number of carbonyl (C=O) groups excluding carboxylic acids is 4. The lowest BCUT2D eigenvalue weighted by atomic mass is 9.81. The van der Waals surface area contributed by atoms with Crippen molar-refractivity contribution in [3.8, 4) is 0 Å². The number of imide groups is 1. The molecule has 2 atom stereocenters. The molecule has 170 valence electrons. The SMILES string of the molecule is O=C(CN(C(=O)c1cccc([N+](=O)[O-])c1)N1C(=O)[C@H]2CCCC[C@@H]2C1=O)c1ccc(Br)cc1. The fraction of sp³-hybridized carbons (Fsp3) is 0.304. The monoisotopic (exact) mass is 513 g/mol. The molecule has 0 aromatic heterocycles. The van der Waals surface area contributed by atoms with Crippen LogP contribution in [0.15, 0.2) is 53.0 Å².